The highest BCUT2D eigenvalue weighted by Gasteiger charge is 2.32. The Balaban J connectivity index is 1.60. The Morgan fingerprint density at radius 2 is 1.75 bits per heavy atom. The number of nitrogens with one attached hydrogen (secondary N) is 1. The Morgan fingerprint density at radius 1 is 1.03 bits per heavy atom. The fraction of sp³-hybridized carbons (Fsp3) is 0.217. The summed E-state index contributed by atoms with van der Waals surface area (Å²) in [7, 11) is 1.29. The lowest BCUT2D eigenvalue weighted by molar-refractivity contribution is -0.123. The van der Waals surface area contributed by atoms with Crippen molar-refractivity contribution in [1.82, 2.24) is 9.78 Å². The van der Waals surface area contributed by atoms with Crippen molar-refractivity contribution in [3.05, 3.63) is 70.5 Å². The minimum absolute atomic E-state index is 0.152. The minimum Gasteiger partial charge on any atom is -0.465 e. The Bertz CT molecular complexity index is 1250. The fourth-order valence-electron chi connectivity index (χ4n) is 3.21. The fourth-order valence-corrected chi connectivity index (χ4v) is 3.21. The van der Waals surface area contributed by atoms with Crippen molar-refractivity contribution in [1.29, 1.82) is 0 Å². The molecule has 1 aliphatic heterocycles. The molecule has 0 aliphatic carbocycles. The van der Waals surface area contributed by atoms with E-state index in [9.17, 15) is 14.4 Å². The number of carbonyl (C=O) groups is 2. The second kappa shape index (κ2) is 8.18. The summed E-state index contributed by atoms with van der Waals surface area (Å²) in [5, 5.41) is 7.19. The molecule has 0 spiro atoms. The zero-order valence-corrected chi connectivity index (χ0v) is 17.7. The van der Waals surface area contributed by atoms with Crippen LogP contribution in [0, 0.1) is 0 Å². The van der Waals surface area contributed by atoms with Gasteiger partial charge in [-0.25, -0.2) is 9.48 Å². The van der Waals surface area contributed by atoms with Crippen LogP contribution in [0.15, 0.2) is 59.4 Å². The molecule has 2 aromatic carbocycles. The zero-order chi connectivity index (χ0) is 22.9. The molecular formula is C23H21N3O6. The average Bonchev–Trinajstić information content (AvgIpc) is 3.27. The van der Waals surface area contributed by atoms with E-state index >= 15 is 0 Å². The van der Waals surface area contributed by atoms with Crippen LogP contribution in [0.2, 0.25) is 0 Å². The number of fused-ring (bicyclic) bond motifs is 1. The Hall–Kier alpha value is -4.14. The van der Waals surface area contributed by atoms with Crippen molar-refractivity contribution in [3.8, 4) is 22.8 Å². The van der Waals surface area contributed by atoms with Gasteiger partial charge in [0.2, 0.25) is 6.79 Å². The van der Waals surface area contributed by atoms with Crippen molar-refractivity contribution in [2.24, 2.45) is 0 Å². The summed E-state index contributed by atoms with van der Waals surface area (Å²) in [6.07, 6.45) is 0. The van der Waals surface area contributed by atoms with Crippen LogP contribution in [-0.2, 0) is 15.1 Å². The largest absolute Gasteiger partial charge is 0.465 e. The van der Waals surface area contributed by atoms with E-state index in [4.69, 9.17) is 9.47 Å². The predicted molar refractivity (Wildman–Crippen MR) is 116 cm³/mol. The molecule has 1 aromatic heterocycles. The second-order valence-corrected chi connectivity index (χ2v) is 7.62. The Morgan fingerprint density at radius 3 is 2.47 bits per heavy atom. The molecule has 9 nitrogen and oxygen atoms in total. The van der Waals surface area contributed by atoms with Crippen LogP contribution in [0.5, 0.6) is 11.5 Å². The number of rotatable bonds is 5. The van der Waals surface area contributed by atoms with E-state index in [0.29, 0.717) is 28.4 Å². The van der Waals surface area contributed by atoms with Crippen LogP contribution < -0.4 is 20.3 Å². The molecule has 0 fully saturated rings. The summed E-state index contributed by atoms with van der Waals surface area (Å²) in [4.78, 5) is 37.2. The third kappa shape index (κ3) is 3.92. The summed E-state index contributed by atoms with van der Waals surface area (Å²) in [6, 6.07) is 14.6. The van der Waals surface area contributed by atoms with Gasteiger partial charge in [-0.05, 0) is 62.4 Å². The molecular weight excluding hydrogens is 414 g/mol. The molecule has 9 heteroatoms. The lowest BCUT2D eigenvalue weighted by Gasteiger charge is -2.25. The lowest BCUT2D eigenvalue weighted by atomic mass is 10.0. The standard InChI is InChI=1S/C23H21N3O6/c1-23(2,22(29)24-16-7-4-14(5-8-16)21(28)30-3)26-20(27)11-9-17(25-26)15-6-10-18-19(12-15)32-13-31-18/h4-12H,13H2,1-3H3,(H,24,29). The van der Waals surface area contributed by atoms with E-state index in [0.717, 1.165) is 10.2 Å². The maximum absolute atomic E-state index is 13.0. The van der Waals surface area contributed by atoms with E-state index in [1.807, 2.05) is 0 Å². The molecule has 2 heterocycles. The van der Waals surface area contributed by atoms with Crippen LogP contribution in [0.1, 0.15) is 24.2 Å². The summed E-state index contributed by atoms with van der Waals surface area (Å²) < 4.78 is 16.5. The van der Waals surface area contributed by atoms with Crippen molar-refractivity contribution in [2.75, 3.05) is 19.2 Å². The maximum Gasteiger partial charge on any atom is 0.337 e. The van der Waals surface area contributed by atoms with E-state index in [-0.39, 0.29) is 6.79 Å². The zero-order valence-electron chi connectivity index (χ0n) is 17.7. The Labute approximate surface area is 183 Å². The predicted octanol–water partition coefficient (Wildman–Crippen LogP) is 2.80. The highest BCUT2D eigenvalue weighted by Crippen LogP contribution is 2.35. The van der Waals surface area contributed by atoms with Gasteiger partial charge in [0.15, 0.2) is 11.5 Å². The molecule has 0 atom stereocenters. The molecule has 1 amide bonds. The SMILES string of the molecule is COC(=O)c1ccc(NC(=O)C(C)(C)n2nc(-c3ccc4c(c3)OCO4)ccc2=O)cc1. The third-order valence-electron chi connectivity index (χ3n) is 5.12. The monoisotopic (exact) mass is 435 g/mol. The first-order chi connectivity index (χ1) is 15.3. The number of carbonyl (C=O) groups excluding carboxylic acids is 2. The van der Waals surface area contributed by atoms with Gasteiger partial charge in [-0.1, -0.05) is 0 Å². The van der Waals surface area contributed by atoms with Gasteiger partial charge in [0, 0.05) is 17.3 Å². The molecule has 0 unspecified atom stereocenters. The highest BCUT2D eigenvalue weighted by atomic mass is 16.7. The van der Waals surface area contributed by atoms with Gasteiger partial charge < -0.3 is 19.5 Å². The molecule has 0 saturated heterocycles. The summed E-state index contributed by atoms with van der Waals surface area (Å²) >= 11 is 0. The van der Waals surface area contributed by atoms with Gasteiger partial charge in [0.25, 0.3) is 11.5 Å². The first-order valence-electron chi connectivity index (χ1n) is 9.80. The van der Waals surface area contributed by atoms with Crippen molar-refractivity contribution in [3.63, 3.8) is 0 Å². The second-order valence-electron chi connectivity index (χ2n) is 7.62. The number of aromatic nitrogens is 2. The van der Waals surface area contributed by atoms with Crippen LogP contribution >= 0.6 is 0 Å². The first kappa shape index (κ1) is 21.1. The molecule has 1 aliphatic rings. The number of anilines is 1. The van der Waals surface area contributed by atoms with Crippen LogP contribution in [-0.4, -0.2) is 35.6 Å². The number of methoxy groups -OCH3 is 1. The number of ether oxygens (including phenoxy) is 3. The molecule has 32 heavy (non-hydrogen) atoms. The van der Waals surface area contributed by atoms with Gasteiger partial charge >= 0.3 is 5.97 Å². The smallest absolute Gasteiger partial charge is 0.337 e. The number of hydrogen-bond acceptors (Lipinski definition) is 7. The van der Waals surface area contributed by atoms with E-state index in [2.05, 4.69) is 15.2 Å². The van der Waals surface area contributed by atoms with Crippen molar-refractivity contribution < 1.29 is 23.8 Å². The molecule has 164 valence electrons. The normalized spacial score (nSPS) is 12.3. The van der Waals surface area contributed by atoms with Gasteiger partial charge in [-0.15, -0.1) is 0 Å². The molecule has 0 saturated carbocycles. The Kier molecular flexibility index (Phi) is 5.40. The number of benzene rings is 2. The summed E-state index contributed by atoms with van der Waals surface area (Å²) in [6.45, 7) is 3.35. The molecule has 1 N–H and O–H groups in total. The van der Waals surface area contributed by atoms with Crippen LogP contribution in [0.3, 0.4) is 0 Å². The van der Waals surface area contributed by atoms with Crippen LogP contribution in [0.4, 0.5) is 5.69 Å². The van der Waals surface area contributed by atoms with Gasteiger partial charge in [0.1, 0.15) is 5.54 Å². The van der Waals surface area contributed by atoms with Gasteiger partial charge in [-0.3, -0.25) is 9.59 Å². The number of nitrogens with zero attached hydrogens (tertiary/aromatic N) is 2. The first-order valence-corrected chi connectivity index (χ1v) is 9.80. The topological polar surface area (TPSA) is 109 Å². The maximum atomic E-state index is 13.0. The van der Waals surface area contributed by atoms with E-state index in [1.54, 1.807) is 62.4 Å². The third-order valence-corrected chi connectivity index (χ3v) is 5.12. The lowest BCUT2D eigenvalue weighted by Crippen LogP contribution is -2.47. The van der Waals surface area contributed by atoms with E-state index in [1.165, 1.54) is 13.2 Å². The molecule has 4 rings (SSSR count). The number of amides is 1. The molecule has 0 bridgehead atoms. The quantitative estimate of drug-likeness (QED) is 0.614. The van der Waals surface area contributed by atoms with Gasteiger partial charge in [-0.2, -0.15) is 5.10 Å². The minimum atomic E-state index is -1.30. The average molecular weight is 435 g/mol. The van der Waals surface area contributed by atoms with Gasteiger partial charge in [0.05, 0.1) is 18.4 Å². The molecule has 3 aromatic rings. The molecule has 0 radical (unpaired) electrons. The number of hydrogen-bond donors (Lipinski definition) is 1. The summed E-state index contributed by atoms with van der Waals surface area (Å²) in [5.74, 6) is 0.314. The highest BCUT2D eigenvalue weighted by molar-refractivity contribution is 5.97. The van der Waals surface area contributed by atoms with Crippen molar-refractivity contribution >= 4 is 17.6 Å². The number of esters is 1. The van der Waals surface area contributed by atoms with E-state index < -0.39 is 23.0 Å². The summed E-state index contributed by atoms with van der Waals surface area (Å²) in [5.41, 5.74) is 0.332. The van der Waals surface area contributed by atoms with Crippen LogP contribution in [0.25, 0.3) is 11.3 Å². The van der Waals surface area contributed by atoms with Crippen molar-refractivity contribution in [2.45, 2.75) is 19.4 Å².